The molecule has 4 heteroatoms. The van der Waals surface area contributed by atoms with Crippen LogP contribution in [0, 0.1) is 5.92 Å². The maximum absolute atomic E-state index is 12.5. The Labute approximate surface area is 128 Å². The summed E-state index contributed by atoms with van der Waals surface area (Å²) in [6.07, 6.45) is 3.44. The minimum atomic E-state index is 0.0248. The van der Waals surface area contributed by atoms with Crippen molar-refractivity contribution in [1.82, 2.24) is 9.55 Å². The Hall–Kier alpha value is -2.62. The van der Waals surface area contributed by atoms with E-state index < -0.39 is 0 Å². The number of benzene rings is 2. The quantitative estimate of drug-likeness (QED) is 0.789. The molecule has 1 aromatic heterocycles. The number of anilines is 1. The zero-order chi connectivity index (χ0) is 15.1. The molecule has 22 heavy (non-hydrogen) atoms. The van der Waals surface area contributed by atoms with Crippen LogP contribution in [0.15, 0.2) is 48.8 Å². The monoisotopic (exact) mass is 291 g/mol. The van der Waals surface area contributed by atoms with Crippen molar-refractivity contribution < 1.29 is 4.79 Å². The Kier molecular flexibility index (Phi) is 2.96. The molecule has 0 fully saturated rings. The standard InChI is InChI=1S/C18H17N3O/c1-21-11-19-16-10-15(6-7-17(16)21)20-18(22)14-8-12-4-2-3-5-13(12)9-14/h2-7,10-11,14H,8-9H2,1H3,(H,20,22). The van der Waals surface area contributed by atoms with E-state index >= 15 is 0 Å². The van der Waals surface area contributed by atoms with Crippen LogP contribution in [0.4, 0.5) is 5.69 Å². The second-order valence-electron chi connectivity index (χ2n) is 5.92. The van der Waals surface area contributed by atoms with Crippen molar-refractivity contribution in [3.63, 3.8) is 0 Å². The van der Waals surface area contributed by atoms with Crippen LogP contribution >= 0.6 is 0 Å². The molecule has 0 saturated heterocycles. The Morgan fingerprint density at radius 2 is 1.91 bits per heavy atom. The highest BCUT2D eigenvalue weighted by atomic mass is 16.1. The summed E-state index contributed by atoms with van der Waals surface area (Å²) in [7, 11) is 1.96. The summed E-state index contributed by atoms with van der Waals surface area (Å²) in [6.45, 7) is 0. The average Bonchev–Trinajstić information content (AvgIpc) is 3.11. The maximum Gasteiger partial charge on any atom is 0.228 e. The highest BCUT2D eigenvalue weighted by Gasteiger charge is 2.27. The summed E-state index contributed by atoms with van der Waals surface area (Å²) >= 11 is 0. The van der Waals surface area contributed by atoms with Gasteiger partial charge in [0.25, 0.3) is 0 Å². The first kappa shape index (κ1) is 13.1. The number of carbonyl (C=O) groups excluding carboxylic acids is 1. The van der Waals surface area contributed by atoms with Gasteiger partial charge >= 0.3 is 0 Å². The van der Waals surface area contributed by atoms with E-state index in [0.29, 0.717) is 0 Å². The van der Waals surface area contributed by atoms with Gasteiger partial charge in [0.2, 0.25) is 5.91 Å². The van der Waals surface area contributed by atoms with E-state index in [9.17, 15) is 4.79 Å². The van der Waals surface area contributed by atoms with E-state index in [1.807, 2.05) is 41.9 Å². The van der Waals surface area contributed by atoms with Crippen molar-refractivity contribution in [3.8, 4) is 0 Å². The van der Waals surface area contributed by atoms with Crippen molar-refractivity contribution in [2.75, 3.05) is 5.32 Å². The van der Waals surface area contributed by atoms with Crippen molar-refractivity contribution in [3.05, 3.63) is 59.9 Å². The molecular weight excluding hydrogens is 274 g/mol. The molecule has 4 rings (SSSR count). The Morgan fingerprint density at radius 1 is 1.18 bits per heavy atom. The molecule has 0 unspecified atom stereocenters. The first-order valence-corrected chi connectivity index (χ1v) is 7.49. The third kappa shape index (κ3) is 2.17. The molecule has 1 heterocycles. The molecule has 0 bridgehead atoms. The molecule has 0 aliphatic heterocycles. The van der Waals surface area contributed by atoms with Gasteiger partial charge in [0.05, 0.1) is 17.4 Å². The van der Waals surface area contributed by atoms with Gasteiger partial charge in [-0.3, -0.25) is 4.79 Å². The average molecular weight is 291 g/mol. The van der Waals surface area contributed by atoms with Gasteiger partial charge < -0.3 is 9.88 Å². The maximum atomic E-state index is 12.5. The molecule has 3 aromatic rings. The van der Waals surface area contributed by atoms with Crippen molar-refractivity contribution in [1.29, 1.82) is 0 Å². The number of rotatable bonds is 2. The van der Waals surface area contributed by atoms with Gasteiger partial charge in [0, 0.05) is 18.7 Å². The molecular formula is C18H17N3O. The third-order valence-corrected chi connectivity index (χ3v) is 4.41. The fourth-order valence-electron chi connectivity index (χ4n) is 3.20. The second kappa shape index (κ2) is 4.98. The first-order valence-electron chi connectivity index (χ1n) is 7.49. The summed E-state index contributed by atoms with van der Waals surface area (Å²) in [4.78, 5) is 16.8. The molecule has 2 aromatic carbocycles. The van der Waals surface area contributed by atoms with E-state index in [-0.39, 0.29) is 11.8 Å². The van der Waals surface area contributed by atoms with Gasteiger partial charge in [-0.2, -0.15) is 0 Å². The second-order valence-corrected chi connectivity index (χ2v) is 5.92. The molecule has 0 saturated carbocycles. The molecule has 1 aliphatic carbocycles. The zero-order valence-electron chi connectivity index (χ0n) is 12.4. The summed E-state index contributed by atoms with van der Waals surface area (Å²) in [5.41, 5.74) is 5.36. The SMILES string of the molecule is Cn1cnc2cc(NC(=O)C3Cc4ccccc4C3)ccc21. The predicted octanol–water partition coefficient (Wildman–Crippen LogP) is 2.93. The van der Waals surface area contributed by atoms with E-state index in [2.05, 4.69) is 22.4 Å². The number of carbonyl (C=O) groups is 1. The number of nitrogens with zero attached hydrogens (tertiary/aromatic N) is 2. The minimum Gasteiger partial charge on any atom is -0.334 e. The molecule has 1 aliphatic rings. The van der Waals surface area contributed by atoms with E-state index in [0.717, 1.165) is 29.6 Å². The van der Waals surface area contributed by atoms with Crippen molar-refractivity contribution in [2.24, 2.45) is 13.0 Å². The van der Waals surface area contributed by atoms with E-state index in [4.69, 9.17) is 0 Å². The van der Waals surface area contributed by atoms with Crippen LogP contribution in [-0.2, 0) is 24.7 Å². The molecule has 0 radical (unpaired) electrons. The van der Waals surface area contributed by atoms with Gasteiger partial charge in [0.15, 0.2) is 0 Å². The lowest BCUT2D eigenvalue weighted by Gasteiger charge is -2.10. The summed E-state index contributed by atoms with van der Waals surface area (Å²) in [5.74, 6) is 0.114. The third-order valence-electron chi connectivity index (χ3n) is 4.41. The number of aryl methyl sites for hydroxylation is 1. The number of aromatic nitrogens is 2. The molecule has 0 spiro atoms. The topological polar surface area (TPSA) is 46.9 Å². The van der Waals surface area contributed by atoms with Crippen LogP contribution in [-0.4, -0.2) is 15.5 Å². The fourth-order valence-corrected chi connectivity index (χ4v) is 3.20. The number of hydrogen-bond acceptors (Lipinski definition) is 2. The lowest BCUT2D eigenvalue weighted by Crippen LogP contribution is -2.23. The number of imidazole rings is 1. The molecule has 0 atom stereocenters. The van der Waals surface area contributed by atoms with Crippen LogP contribution < -0.4 is 5.32 Å². The summed E-state index contributed by atoms with van der Waals surface area (Å²) < 4.78 is 1.97. The van der Waals surface area contributed by atoms with Crippen LogP contribution in [0.3, 0.4) is 0 Å². The Balaban J connectivity index is 1.52. The van der Waals surface area contributed by atoms with Gasteiger partial charge in [-0.15, -0.1) is 0 Å². The Morgan fingerprint density at radius 3 is 2.64 bits per heavy atom. The number of hydrogen-bond donors (Lipinski definition) is 1. The van der Waals surface area contributed by atoms with Crippen LogP contribution in [0.1, 0.15) is 11.1 Å². The van der Waals surface area contributed by atoms with Crippen LogP contribution in [0.5, 0.6) is 0 Å². The zero-order valence-corrected chi connectivity index (χ0v) is 12.4. The van der Waals surface area contributed by atoms with Crippen molar-refractivity contribution >= 4 is 22.6 Å². The normalized spacial score (nSPS) is 14.2. The highest BCUT2D eigenvalue weighted by Crippen LogP contribution is 2.27. The highest BCUT2D eigenvalue weighted by molar-refractivity contribution is 5.95. The fraction of sp³-hybridized carbons (Fsp3) is 0.222. The van der Waals surface area contributed by atoms with Crippen molar-refractivity contribution in [2.45, 2.75) is 12.8 Å². The Bertz CT molecular complexity index is 841. The molecule has 1 amide bonds. The predicted molar refractivity (Wildman–Crippen MR) is 86.7 cm³/mol. The van der Waals surface area contributed by atoms with Gasteiger partial charge in [-0.05, 0) is 42.2 Å². The first-order chi connectivity index (χ1) is 10.7. The lowest BCUT2D eigenvalue weighted by molar-refractivity contribution is -0.119. The summed E-state index contributed by atoms with van der Waals surface area (Å²) in [5, 5.41) is 3.03. The van der Waals surface area contributed by atoms with Crippen LogP contribution in [0.25, 0.3) is 11.0 Å². The largest absolute Gasteiger partial charge is 0.334 e. The molecule has 1 N–H and O–H groups in total. The lowest BCUT2D eigenvalue weighted by atomic mass is 10.1. The van der Waals surface area contributed by atoms with Gasteiger partial charge in [0.1, 0.15) is 0 Å². The molecule has 110 valence electrons. The van der Waals surface area contributed by atoms with Gasteiger partial charge in [-0.25, -0.2) is 4.98 Å². The number of amides is 1. The van der Waals surface area contributed by atoms with E-state index in [1.54, 1.807) is 6.33 Å². The minimum absolute atomic E-state index is 0.0248. The smallest absolute Gasteiger partial charge is 0.228 e. The van der Waals surface area contributed by atoms with Gasteiger partial charge in [-0.1, -0.05) is 24.3 Å². The number of nitrogens with one attached hydrogen (secondary N) is 1. The summed E-state index contributed by atoms with van der Waals surface area (Å²) in [6, 6.07) is 14.1. The molecule has 4 nitrogen and oxygen atoms in total. The number of fused-ring (bicyclic) bond motifs is 2. The van der Waals surface area contributed by atoms with E-state index in [1.165, 1.54) is 11.1 Å². The van der Waals surface area contributed by atoms with Crippen LogP contribution in [0.2, 0.25) is 0 Å².